The van der Waals surface area contributed by atoms with Gasteiger partial charge < -0.3 is 4.74 Å². The zero-order valence-corrected chi connectivity index (χ0v) is 9.04. The van der Waals surface area contributed by atoms with E-state index in [1.807, 2.05) is 4.72 Å². The Morgan fingerprint density at radius 3 is 2.73 bits per heavy atom. The summed E-state index contributed by atoms with van der Waals surface area (Å²) < 4.78 is 28.3. The van der Waals surface area contributed by atoms with Crippen LogP contribution in [0.2, 0.25) is 0 Å². The molecule has 1 rings (SSSR count). The fourth-order valence-electron chi connectivity index (χ4n) is 0.950. The molecule has 0 fully saturated rings. The first-order chi connectivity index (χ1) is 6.94. The average Bonchev–Trinajstić information content (AvgIpc) is 2.15. The monoisotopic (exact) mass is 230 g/mol. The van der Waals surface area contributed by atoms with Crippen LogP contribution in [0.15, 0.2) is 18.3 Å². The molecule has 1 aromatic rings. The van der Waals surface area contributed by atoms with Crippen LogP contribution in [0, 0.1) is 0 Å². The van der Waals surface area contributed by atoms with Crippen molar-refractivity contribution in [3.63, 3.8) is 0 Å². The van der Waals surface area contributed by atoms with E-state index in [0.29, 0.717) is 0 Å². The van der Waals surface area contributed by atoms with Gasteiger partial charge >= 0.3 is 0 Å². The number of ether oxygens (including phenoxy) is 1. The number of hydrogen-bond acceptors (Lipinski definition) is 5. The van der Waals surface area contributed by atoms with Crippen LogP contribution in [0.1, 0.15) is 10.4 Å². The summed E-state index contributed by atoms with van der Waals surface area (Å²) in [5.41, 5.74) is 0.0745. The van der Waals surface area contributed by atoms with Gasteiger partial charge in [-0.3, -0.25) is 4.79 Å². The standard InChI is InChI=1S/C8H10N2O4S/c1-14-8-6(4-3-5-9-8)7(11)10-15(2,12)13/h3-5H,1-2H3,(H,10,11). The quantitative estimate of drug-likeness (QED) is 0.775. The zero-order valence-electron chi connectivity index (χ0n) is 8.22. The number of aromatic nitrogens is 1. The lowest BCUT2D eigenvalue weighted by Gasteiger charge is -2.05. The number of hydrogen-bond donors (Lipinski definition) is 1. The number of nitrogens with zero attached hydrogens (tertiary/aromatic N) is 1. The summed E-state index contributed by atoms with van der Waals surface area (Å²) in [6.07, 6.45) is 2.34. The predicted molar refractivity (Wildman–Crippen MR) is 53.1 cm³/mol. The molecule has 0 atom stereocenters. The fraction of sp³-hybridized carbons (Fsp3) is 0.250. The van der Waals surface area contributed by atoms with Crippen LogP contribution in [0.25, 0.3) is 0 Å². The van der Waals surface area contributed by atoms with Crippen molar-refractivity contribution < 1.29 is 17.9 Å². The topological polar surface area (TPSA) is 85.4 Å². The molecule has 0 aliphatic heterocycles. The molecule has 0 saturated heterocycles. The number of nitrogens with one attached hydrogen (secondary N) is 1. The van der Waals surface area contributed by atoms with E-state index in [2.05, 4.69) is 4.98 Å². The number of carbonyl (C=O) groups is 1. The van der Waals surface area contributed by atoms with Crippen molar-refractivity contribution in [1.82, 2.24) is 9.71 Å². The summed E-state index contributed by atoms with van der Waals surface area (Å²) in [5, 5.41) is 0. The Bertz CT molecular complexity index is 469. The van der Waals surface area contributed by atoms with E-state index in [9.17, 15) is 13.2 Å². The van der Waals surface area contributed by atoms with Crippen molar-refractivity contribution in [3.8, 4) is 5.88 Å². The molecule has 0 aromatic carbocycles. The van der Waals surface area contributed by atoms with Crippen LogP contribution in [0.3, 0.4) is 0 Å². The van der Waals surface area contributed by atoms with Gasteiger partial charge in [0.05, 0.1) is 13.4 Å². The lowest BCUT2D eigenvalue weighted by Crippen LogP contribution is -2.29. The summed E-state index contributed by atoms with van der Waals surface area (Å²) in [6.45, 7) is 0. The Morgan fingerprint density at radius 1 is 1.53 bits per heavy atom. The maximum atomic E-state index is 11.4. The lowest BCUT2D eigenvalue weighted by atomic mass is 10.2. The Hall–Kier alpha value is -1.63. The van der Waals surface area contributed by atoms with E-state index in [4.69, 9.17) is 4.74 Å². The number of carbonyl (C=O) groups excluding carboxylic acids is 1. The first-order valence-electron chi connectivity index (χ1n) is 3.95. The van der Waals surface area contributed by atoms with Crippen LogP contribution < -0.4 is 9.46 Å². The molecule has 0 aliphatic carbocycles. The SMILES string of the molecule is COc1ncccc1C(=O)NS(C)(=O)=O. The molecular weight excluding hydrogens is 220 g/mol. The first-order valence-corrected chi connectivity index (χ1v) is 5.84. The van der Waals surface area contributed by atoms with E-state index < -0.39 is 15.9 Å². The summed E-state index contributed by atoms with van der Waals surface area (Å²) in [6, 6.07) is 2.94. The van der Waals surface area contributed by atoms with Gasteiger partial charge in [-0.25, -0.2) is 18.1 Å². The third-order valence-corrected chi connectivity index (χ3v) is 2.04. The zero-order chi connectivity index (χ0) is 11.5. The Kier molecular flexibility index (Phi) is 3.25. The minimum absolute atomic E-state index is 0.0745. The van der Waals surface area contributed by atoms with Gasteiger partial charge in [-0.2, -0.15) is 0 Å². The van der Waals surface area contributed by atoms with E-state index >= 15 is 0 Å². The molecule has 0 saturated carbocycles. The van der Waals surface area contributed by atoms with E-state index in [1.165, 1.54) is 25.4 Å². The second-order valence-electron chi connectivity index (χ2n) is 2.76. The molecule has 1 aromatic heterocycles. The number of sulfonamides is 1. The van der Waals surface area contributed by atoms with Gasteiger partial charge in [0.15, 0.2) is 0 Å². The summed E-state index contributed by atoms with van der Waals surface area (Å²) in [5.74, 6) is -0.680. The number of methoxy groups -OCH3 is 1. The van der Waals surface area contributed by atoms with Crippen molar-refractivity contribution in [2.45, 2.75) is 0 Å². The summed E-state index contributed by atoms with van der Waals surface area (Å²) in [7, 11) is -2.23. The Labute approximate surface area is 87.3 Å². The smallest absolute Gasteiger partial charge is 0.270 e. The molecule has 1 amide bonds. The van der Waals surface area contributed by atoms with Gasteiger partial charge in [0, 0.05) is 6.20 Å². The molecule has 6 nitrogen and oxygen atoms in total. The second kappa shape index (κ2) is 4.26. The van der Waals surface area contributed by atoms with E-state index in [1.54, 1.807) is 0 Å². The molecule has 0 aliphatic rings. The average molecular weight is 230 g/mol. The van der Waals surface area contributed by atoms with Gasteiger partial charge in [0.25, 0.3) is 5.91 Å². The minimum atomic E-state index is -3.58. The minimum Gasteiger partial charge on any atom is -0.480 e. The molecule has 0 bridgehead atoms. The third-order valence-electron chi connectivity index (χ3n) is 1.49. The van der Waals surface area contributed by atoms with Gasteiger partial charge in [-0.15, -0.1) is 0 Å². The largest absolute Gasteiger partial charge is 0.480 e. The normalized spacial score (nSPS) is 10.8. The van der Waals surface area contributed by atoms with Crippen molar-refractivity contribution in [3.05, 3.63) is 23.9 Å². The first kappa shape index (κ1) is 11.4. The highest BCUT2D eigenvalue weighted by Gasteiger charge is 2.15. The van der Waals surface area contributed by atoms with E-state index in [0.717, 1.165) is 6.26 Å². The van der Waals surface area contributed by atoms with Gasteiger partial charge in [-0.05, 0) is 12.1 Å². The maximum Gasteiger partial charge on any atom is 0.270 e. The van der Waals surface area contributed by atoms with Gasteiger partial charge in [0.2, 0.25) is 15.9 Å². The van der Waals surface area contributed by atoms with Gasteiger partial charge in [0.1, 0.15) is 5.56 Å². The Balaban J connectivity index is 3.01. The molecular formula is C8H10N2O4S. The fourth-order valence-corrected chi connectivity index (χ4v) is 1.40. The molecule has 15 heavy (non-hydrogen) atoms. The molecule has 0 unspecified atom stereocenters. The van der Waals surface area contributed by atoms with Crippen LogP contribution in [-0.2, 0) is 10.0 Å². The van der Waals surface area contributed by atoms with E-state index in [-0.39, 0.29) is 11.4 Å². The van der Waals surface area contributed by atoms with Gasteiger partial charge in [-0.1, -0.05) is 0 Å². The number of rotatable bonds is 3. The van der Waals surface area contributed by atoms with Crippen molar-refractivity contribution in [2.75, 3.05) is 13.4 Å². The number of pyridine rings is 1. The molecule has 1 N–H and O–H groups in total. The lowest BCUT2D eigenvalue weighted by molar-refractivity contribution is 0.0978. The van der Waals surface area contributed by atoms with Crippen LogP contribution in [-0.4, -0.2) is 32.7 Å². The third kappa shape index (κ3) is 3.21. The predicted octanol–water partition coefficient (Wildman–Crippen LogP) is -0.220. The summed E-state index contributed by atoms with van der Waals surface area (Å²) in [4.78, 5) is 15.2. The van der Waals surface area contributed by atoms with Crippen molar-refractivity contribution >= 4 is 15.9 Å². The van der Waals surface area contributed by atoms with Crippen LogP contribution in [0.5, 0.6) is 5.88 Å². The highest BCUT2D eigenvalue weighted by Crippen LogP contribution is 2.13. The second-order valence-corrected chi connectivity index (χ2v) is 4.51. The van der Waals surface area contributed by atoms with Crippen molar-refractivity contribution in [1.29, 1.82) is 0 Å². The molecule has 0 radical (unpaired) electrons. The maximum absolute atomic E-state index is 11.4. The van der Waals surface area contributed by atoms with Crippen LogP contribution >= 0.6 is 0 Å². The van der Waals surface area contributed by atoms with Crippen LogP contribution in [0.4, 0.5) is 0 Å². The molecule has 0 spiro atoms. The number of amides is 1. The molecule has 82 valence electrons. The Morgan fingerprint density at radius 2 is 2.20 bits per heavy atom. The van der Waals surface area contributed by atoms with Crippen molar-refractivity contribution in [2.24, 2.45) is 0 Å². The highest BCUT2D eigenvalue weighted by molar-refractivity contribution is 7.89. The summed E-state index contributed by atoms with van der Waals surface area (Å²) >= 11 is 0. The molecule has 1 heterocycles. The highest BCUT2D eigenvalue weighted by atomic mass is 32.2. The molecule has 7 heteroatoms.